The highest BCUT2D eigenvalue weighted by Crippen LogP contribution is 2.38. The molecule has 1 aliphatic rings. The molecule has 0 radical (unpaired) electrons. The van der Waals surface area contributed by atoms with Gasteiger partial charge in [-0.1, -0.05) is 11.8 Å². The van der Waals surface area contributed by atoms with Crippen molar-refractivity contribution in [1.29, 1.82) is 0 Å². The van der Waals surface area contributed by atoms with Crippen LogP contribution in [0.2, 0.25) is 0 Å². The van der Waals surface area contributed by atoms with Gasteiger partial charge in [0.05, 0.1) is 45.0 Å². The zero-order valence-electron chi connectivity index (χ0n) is 18.6. The Bertz CT molecular complexity index is 919. The van der Waals surface area contributed by atoms with Crippen LogP contribution in [0.3, 0.4) is 0 Å². The summed E-state index contributed by atoms with van der Waals surface area (Å²) in [6, 6.07) is 3.92. The summed E-state index contributed by atoms with van der Waals surface area (Å²) in [4.78, 5) is 26.7. The number of carbonyl (C=O) groups is 2. The molecule has 2 heterocycles. The van der Waals surface area contributed by atoms with Gasteiger partial charge in [-0.25, -0.2) is 0 Å². The van der Waals surface area contributed by atoms with E-state index in [1.807, 2.05) is 17.1 Å². The summed E-state index contributed by atoms with van der Waals surface area (Å²) in [5.41, 5.74) is 1.07. The number of hydrogen-bond acceptors (Lipinski definition) is 10. The maximum absolute atomic E-state index is 11.8. The zero-order chi connectivity index (χ0) is 23.1. The van der Waals surface area contributed by atoms with Crippen molar-refractivity contribution in [3.63, 3.8) is 0 Å². The molecule has 1 fully saturated rings. The summed E-state index contributed by atoms with van der Waals surface area (Å²) < 4.78 is 21.4. The van der Waals surface area contributed by atoms with Gasteiger partial charge in [0.2, 0.25) is 16.9 Å². The number of nitrogens with zero attached hydrogens (tertiary/aromatic N) is 4. The van der Waals surface area contributed by atoms with Crippen LogP contribution >= 0.6 is 11.8 Å². The quantitative estimate of drug-likeness (QED) is 0.529. The molecule has 174 valence electrons. The van der Waals surface area contributed by atoms with E-state index in [1.165, 1.54) is 6.92 Å². The molecule has 1 saturated heterocycles. The fourth-order valence-corrected chi connectivity index (χ4v) is 3.76. The minimum absolute atomic E-state index is 0.0373. The van der Waals surface area contributed by atoms with Crippen LogP contribution in [0.4, 0.5) is 5.88 Å². The lowest BCUT2D eigenvalue weighted by atomic mass is 10.1. The monoisotopic (exact) mass is 466 g/mol. The van der Waals surface area contributed by atoms with E-state index in [9.17, 15) is 9.59 Å². The predicted molar refractivity (Wildman–Crippen MR) is 118 cm³/mol. The number of aromatic nitrogens is 2. The molecule has 0 bridgehead atoms. The van der Waals surface area contributed by atoms with E-state index < -0.39 is 0 Å². The van der Waals surface area contributed by atoms with Crippen LogP contribution in [0.25, 0.3) is 0 Å². The second-order valence-electron chi connectivity index (χ2n) is 7.08. The summed E-state index contributed by atoms with van der Waals surface area (Å²) in [5, 5.41) is 8.48. The third-order valence-electron chi connectivity index (χ3n) is 4.89. The number of carbonyl (C=O) groups excluding carboxylic acids is 2. The average molecular weight is 467 g/mol. The molecule has 0 atom stereocenters. The second-order valence-corrected chi connectivity index (χ2v) is 8.23. The van der Waals surface area contributed by atoms with E-state index in [0.29, 0.717) is 17.2 Å². The summed E-state index contributed by atoms with van der Waals surface area (Å²) in [7, 11) is 4.80. The number of nitrogens with one attached hydrogen (secondary N) is 1. The molecule has 0 spiro atoms. The number of methoxy groups -OCH3 is 3. The first kappa shape index (κ1) is 23.7. The highest BCUT2D eigenvalue weighted by Gasteiger charge is 2.27. The van der Waals surface area contributed by atoms with Crippen molar-refractivity contribution >= 4 is 28.7 Å². The SMILES string of the molecule is COc1cc(CN2CCN([n+]3cc(NC(=O)CSC(C)=O)on3)CC2)cc(OC)c1OC. The Morgan fingerprint density at radius 3 is 2.34 bits per heavy atom. The molecular formula is C20H28N5O6S+. The molecule has 1 amide bonds. The predicted octanol–water partition coefficient (Wildman–Crippen LogP) is 0.660. The Kier molecular flexibility index (Phi) is 8.17. The number of piperazine rings is 1. The van der Waals surface area contributed by atoms with Gasteiger partial charge in [-0.2, -0.15) is 5.01 Å². The van der Waals surface area contributed by atoms with Gasteiger partial charge in [0, 0.05) is 26.6 Å². The van der Waals surface area contributed by atoms with Crippen molar-refractivity contribution in [2.24, 2.45) is 0 Å². The molecule has 1 aliphatic heterocycles. The van der Waals surface area contributed by atoms with Gasteiger partial charge in [-0.3, -0.25) is 24.3 Å². The van der Waals surface area contributed by atoms with Crippen molar-refractivity contribution in [2.45, 2.75) is 13.5 Å². The number of thioether (sulfide) groups is 1. The molecule has 11 nitrogen and oxygen atoms in total. The molecular weight excluding hydrogens is 438 g/mol. The lowest BCUT2D eigenvalue weighted by molar-refractivity contribution is -0.759. The van der Waals surface area contributed by atoms with Crippen molar-refractivity contribution in [3.05, 3.63) is 23.9 Å². The van der Waals surface area contributed by atoms with E-state index in [1.54, 1.807) is 32.3 Å². The van der Waals surface area contributed by atoms with Gasteiger partial charge in [0.1, 0.15) is 0 Å². The van der Waals surface area contributed by atoms with Gasteiger partial charge in [0.15, 0.2) is 16.6 Å². The molecule has 3 rings (SSSR count). The largest absolute Gasteiger partial charge is 0.493 e. The number of benzene rings is 1. The van der Waals surface area contributed by atoms with E-state index >= 15 is 0 Å². The third kappa shape index (κ3) is 6.04. The lowest BCUT2D eigenvalue weighted by Crippen LogP contribution is -2.65. The molecule has 0 saturated carbocycles. The molecule has 0 aliphatic carbocycles. The van der Waals surface area contributed by atoms with E-state index in [0.717, 1.165) is 50.0 Å². The lowest BCUT2D eigenvalue weighted by Gasteiger charge is -2.30. The summed E-state index contributed by atoms with van der Waals surface area (Å²) in [5.74, 6) is 1.80. The number of rotatable bonds is 9. The minimum atomic E-state index is -0.316. The van der Waals surface area contributed by atoms with Crippen LogP contribution in [0.15, 0.2) is 22.9 Å². The number of ether oxygens (including phenoxy) is 3. The highest BCUT2D eigenvalue weighted by molar-refractivity contribution is 8.14. The van der Waals surface area contributed by atoms with Gasteiger partial charge >= 0.3 is 5.88 Å². The van der Waals surface area contributed by atoms with Crippen molar-refractivity contribution in [1.82, 2.24) is 10.2 Å². The first-order chi connectivity index (χ1) is 15.4. The summed E-state index contributed by atoms with van der Waals surface area (Å²) in [6.07, 6.45) is 1.62. The fraction of sp³-hybridized carbons (Fsp3) is 0.500. The maximum Gasteiger partial charge on any atom is 0.305 e. The Labute approximate surface area is 190 Å². The Balaban J connectivity index is 1.54. The van der Waals surface area contributed by atoms with E-state index in [4.69, 9.17) is 18.7 Å². The zero-order valence-corrected chi connectivity index (χ0v) is 19.4. The first-order valence-corrected chi connectivity index (χ1v) is 11.0. The smallest absolute Gasteiger partial charge is 0.305 e. The average Bonchev–Trinajstić information content (AvgIpc) is 3.25. The van der Waals surface area contributed by atoms with Crippen molar-refractivity contribution in [2.75, 3.05) is 63.6 Å². The number of anilines is 1. The highest BCUT2D eigenvalue weighted by atomic mass is 32.2. The maximum atomic E-state index is 11.8. The van der Waals surface area contributed by atoms with E-state index in [2.05, 4.69) is 15.5 Å². The normalized spacial score (nSPS) is 14.2. The van der Waals surface area contributed by atoms with Crippen LogP contribution in [-0.2, 0) is 16.1 Å². The van der Waals surface area contributed by atoms with Gasteiger partial charge in [-0.15, -0.1) is 0 Å². The Morgan fingerprint density at radius 1 is 1.12 bits per heavy atom. The second kappa shape index (κ2) is 11.0. The summed E-state index contributed by atoms with van der Waals surface area (Å²) >= 11 is 0.942. The minimum Gasteiger partial charge on any atom is -0.493 e. The van der Waals surface area contributed by atoms with Crippen molar-refractivity contribution < 1.29 is 33.1 Å². The molecule has 32 heavy (non-hydrogen) atoms. The van der Waals surface area contributed by atoms with Crippen molar-refractivity contribution in [3.8, 4) is 17.2 Å². The molecule has 2 aromatic rings. The number of hydrogen-bond donors (Lipinski definition) is 1. The molecule has 1 aromatic heterocycles. The van der Waals surface area contributed by atoms with Crippen LogP contribution in [0.5, 0.6) is 17.2 Å². The van der Waals surface area contributed by atoms with E-state index in [-0.39, 0.29) is 22.7 Å². The van der Waals surface area contributed by atoms with Gasteiger partial charge in [-0.05, 0) is 17.7 Å². The third-order valence-corrected chi connectivity index (χ3v) is 5.71. The molecule has 1 N–H and O–H groups in total. The van der Waals surface area contributed by atoms with Gasteiger partial charge in [0.25, 0.3) is 6.20 Å². The number of amides is 1. The van der Waals surface area contributed by atoms with Gasteiger partial charge < -0.3 is 14.2 Å². The molecule has 0 unspecified atom stereocenters. The Hall–Kier alpha value is -2.99. The van der Waals surface area contributed by atoms with Crippen LogP contribution < -0.4 is 29.3 Å². The van der Waals surface area contributed by atoms with Crippen LogP contribution in [0.1, 0.15) is 12.5 Å². The molecule has 1 aromatic carbocycles. The molecule has 12 heteroatoms. The first-order valence-electron chi connectivity index (χ1n) is 10.0. The van der Waals surface area contributed by atoms with Crippen LogP contribution in [0, 0.1) is 0 Å². The van der Waals surface area contributed by atoms with Crippen LogP contribution in [-0.4, -0.2) is 74.5 Å². The topological polar surface area (TPSA) is 110 Å². The standard InChI is InChI=1S/C20H27N5O6S/c1-14(26)32-13-18(27)21-19-12-25(22-31-19)24-7-5-23(6-8-24)11-15-9-16(28-2)20(30-4)17(10-15)29-3/h9-10,12H,5-8,11,13H2,1-4H3/p+1. The summed E-state index contributed by atoms with van der Waals surface area (Å²) in [6.45, 7) is 5.25. The fourth-order valence-electron chi connectivity index (χ4n) is 3.35. The Morgan fingerprint density at radius 2 is 1.78 bits per heavy atom.